The summed E-state index contributed by atoms with van der Waals surface area (Å²) >= 11 is 0. The quantitative estimate of drug-likeness (QED) is 0.880. The normalized spacial score (nSPS) is 12.4. The molecule has 0 amide bonds. The maximum atomic E-state index is 9.23. The predicted octanol–water partition coefficient (Wildman–Crippen LogP) is 2.36. The molecule has 0 saturated carbocycles. The molecule has 0 aliphatic heterocycles. The minimum atomic E-state index is -0.415. The first-order valence-electron chi connectivity index (χ1n) is 5.58. The van der Waals surface area contributed by atoms with Crippen LogP contribution in [0.5, 0.6) is 11.5 Å². The van der Waals surface area contributed by atoms with Gasteiger partial charge in [-0.15, -0.1) is 0 Å². The van der Waals surface area contributed by atoms with Crippen molar-refractivity contribution in [2.75, 3.05) is 0 Å². The highest BCUT2D eigenvalue weighted by atomic mass is 16.5. The third-order valence-electron chi connectivity index (χ3n) is 2.32. The molecule has 1 heterocycles. The summed E-state index contributed by atoms with van der Waals surface area (Å²) in [5, 5.41) is 13.3. The van der Waals surface area contributed by atoms with E-state index in [0.29, 0.717) is 12.3 Å². The maximum Gasteiger partial charge on any atom is 0.165 e. The fraction of sp³-hybridized carbons (Fsp3) is 0.308. The molecule has 1 unspecified atom stereocenters. The van der Waals surface area contributed by atoms with Crippen LogP contribution in [0.15, 0.2) is 36.7 Å². The van der Waals surface area contributed by atoms with Gasteiger partial charge in [0.15, 0.2) is 5.75 Å². The fourth-order valence-electron chi connectivity index (χ4n) is 1.51. The van der Waals surface area contributed by atoms with Crippen LogP contribution in [-0.4, -0.2) is 21.0 Å². The van der Waals surface area contributed by atoms with Gasteiger partial charge in [0.2, 0.25) is 0 Å². The molecule has 1 N–H and O–H groups in total. The summed E-state index contributed by atoms with van der Waals surface area (Å²) < 4.78 is 7.29. The van der Waals surface area contributed by atoms with Crippen LogP contribution in [0.1, 0.15) is 12.5 Å². The molecule has 4 nitrogen and oxygen atoms in total. The lowest BCUT2D eigenvalue weighted by Gasteiger charge is -2.04. The van der Waals surface area contributed by atoms with E-state index in [1.54, 1.807) is 24.0 Å². The molecule has 0 fully saturated rings. The van der Waals surface area contributed by atoms with E-state index in [0.717, 1.165) is 5.75 Å². The number of hydrogen-bond donors (Lipinski definition) is 1. The number of rotatable bonds is 4. The summed E-state index contributed by atoms with van der Waals surface area (Å²) in [4.78, 5) is 0. The van der Waals surface area contributed by atoms with Crippen molar-refractivity contribution in [1.29, 1.82) is 0 Å². The lowest BCUT2D eigenvalue weighted by molar-refractivity contribution is 0.168. The van der Waals surface area contributed by atoms with Crippen molar-refractivity contribution in [3.8, 4) is 11.5 Å². The maximum absolute atomic E-state index is 9.23. The van der Waals surface area contributed by atoms with Gasteiger partial charge >= 0.3 is 0 Å². The van der Waals surface area contributed by atoms with E-state index in [9.17, 15) is 5.11 Å². The van der Waals surface area contributed by atoms with Crippen LogP contribution in [0, 0.1) is 6.92 Å². The molecule has 90 valence electrons. The Labute approximate surface area is 100 Å². The molecule has 17 heavy (non-hydrogen) atoms. The van der Waals surface area contributed by atoms with Gasteiger partial charge in [-0.3, -0.25) is 4.68 Å². The van der Waals surface area contributed by atoms with Crippen molar-refractivity contribution >= 4 is 0 Å². The standard InChI is InChI=1S/C13H16N2O2/c1-10-3-5-12(6-4-10)17-13-7-14-15(9-13)8-11(2)16/h3-7,9,11,16H,8H2,1-2H3. The molecule has 2 aromatic rings. The first-order chi connectivity index (χ1) is 8.13. The highest BCUT2D eigenvalue weighted by molar-refractivity contribution is 5.30. The molecule has 4 heteroatoms. The van der Waals surface area contributed by atoms with Crippen LogP contribution in [0.3, 0.4) is 0 Å². The van der Waals surface area contributed by atoms with Gasteiger partial charge < -0.3 is 9.84 Å². The number of hydrogen-bond acceptors (Lipinski definition) is 3. The molecule has 1 atom stereocenters. The molecule has 0 bridgehead atoms. The zero-order chi connectivity index (χ0) is 12.3. The van der Waals surface area contributed by atoms with Crippen LogP contribution >= 0.6 is 0 Å². The number of benzene rings is 1. The molecule has 1 aromatic carbocycles. The van der Waals surface area contributed by atoms with Gasteiger partial charge in [0, 0.05) is 0 Å². The third-order valence-corrected chi connectivity index (χ3v) is 2.32. The molecular weight excluding hydrogens is 216 g/mol. The SMILES string of the molecule is Cc1ccc(Oc2cnn(CC(C)O)c2)cc1. The first-order valence-corrected chi connectivity index (χ1v) is 5.58. The average Bonchev–Trinajstić information content (AvgIpc) is 2.68. The zero-order valence-corrected chi connectivity index (χ0v) is 10.00. The highest BCUT2D eigenvalue weighted by Crippen LogP contribution is 2.20. The fourth-order valence-corrected chi connectivity index (χ4v) is 1.51. The predicted molar refractivity (Wildman–Crippen MR) is 65.2 cm³/mol. The Bertz CT molecular complexity index is 474. The van der Waals surface area contributed by atoms with E-state index >= 15 is 0 Å². The van der Waals surface area contributed by atoms with Crippen LogP contribution in [-0.2, 0) is 6.54 Å². The van der Waals surface area contributed by atoms with Gasteiger partial charge in [-0.1, -0.05) is 17.7 Å². The largest absolute Gasteiger partial charge is 0.454 e. The Morgan fingerprint density at radius 3 is 2.65 bits per heavy atom. The molecule has 0 spiro atoms. The van der Waals surface area contributed by atoms with Crippen molar-refractivity contribution in [3.05, 3.63) is 42.2 Å². The lowest BCUT2D eigenvalue weighted by atomic mass is 10.2. The van der Waals surface area contributed by atoms with Crippen LogP contribution in [0.4, 0.5) is 0 Å². The van der Waals surface area contributed by atoms with Gasteiger partial charge in [0.25, 0.3) is 0 Å². The third kappa shape index (κ3) is 3.32. The molecule has 0 aliphatic rings. The molecule has 0 aliphatic carbocycles. The summed E-state index contributed by atoms with van der Waals surface area (Å²) in [6.45, 7) is 4.23. The van der Waals surface area contributed by atoms with Crippen molar-refractivity contribution in [2.24, 2.45) is 0 Å². The Morgan fingerprint density at radius 2 is 2.00 bits per heavy atom. The zero-order valence-electron chi connectivity index (χ0n) is 10.00. The molecule has 0 saturated heterocycles. The lowest BCUT2D eigenvalue weighted by Crippen LogP contribution is -2.11. The van der Waals surface area contributed by atoms with Crippen LogP contribution in [0.25, 0.3) is 0 Å². The first kappa shape index (κ1) is 11.7. The van der Waals surface area contributed by atoms with Gasteiger partial charge in [-0.25, -0.2) is 0 Å². The van der Waals surface area contributed by atoms with E-state index < -0.39 is 6.10 Å². The molecule has 0 radical (unpaired) electrons. The Kier molecular flexibility index (Phi) is 3.44. The smallest absolute Gasteiger partial charge is 0.165 e. The topological polar surface area (TPSA) is 47.3 Å². The van der Waals surface area contributed by atoms with E-state index in [2.05, 4.69) is 5.10 Å². The summed E-state index contributed by atoms with van der Waals surface area (Å²) in [6.07, 6.45) is 3.00. The number of aliphatic hydroxyl groups excluding tert-OH is 1. The number of aromatic nitrogens is 2. The summed E-state index contributed by atoms with van der Waals surface area (Å²) in [5.41, 5.74) is 1.20. The van der Waals surface area contributed by atoms with Crippen LogP contribution < -0.4 is 4.74 Å². The molecular formula is C13H16N2O2. The van der Waals surface area contributed by atoms with Crippen molar-refractivity contribution in [3.63, 3.8) is 0 Å². The summed E-state index contributed by atoms with van der Waals surface area (Å²) in [6, 6.07) is 7.83. The Morgan fingerprint density at radius 1 is 1.29 bits per heavy atom. The second kappa shape index (κ2) is 5.01. The van der Waals surface area contributed by atoms with Crippen molar-refractivity contribution < 1.29 is 9.84 Å². The number of ether oxygens (including phenoxy) is 1. The Hall–Kier alpha value is -1.81. The highest BCUT2D eigenvalue weighted by Gasteiger charge is 2.03. The molecule has 1 aromatic heterocycles. The number of aliphatic hydroxyl groups is 1. The van der Waals surface area contributed by atoms with E-state index in [-0.39, 0.29) is 0 Å². The van der Waals surface area contributed by atoms with Gasteiger partial charge in [-0.05, 0) is 26.0 Å². The minimum absolute atomic E-state index is 0.415. The van der Waals surface area contributed by atoms with E-state index in [4.69, 9.17) is 4.74 Å². The van der Waals surface area contributed by atoms with Crippen LogP contribution in [0.2, 0.25) is 0 Å². The summed E-state index contributed by atoms with van der Waals surface area (Å²) in [5.74, 6) is 1.46. The number of nitrogens with zero attached hydrogens (tertiary/aromatic N) is 2. The van der Waals surface area contributed by atoms with E-state index in [1.165, 1.54) is 5.56 Å². The second-order valence-corrected chi connectivity index (χ2v) is 4.16. The van der Waals surface area contributed by atoms with Gasteiger partial charge in [0.05, 0.1) is 25.0 Å². The number of aryl methyl sites for hydroxylation is 1. The molecule has 2 rings (SSSR count). The van der Waals surface area contributed by atoms with E-state index in [1.807, 2.05) is 31.2 Å². The summed E-state index contributed by atoms with van der Waals surface area (Å²) in [7, 11) is 0. The van der Waals surface area contributed by atoms with Crippen molar-refractivity contribution in [1.82, 2.24) is 9.78 Å². The Balaban J connectivity index is 2.03. The van der Waals surface area contributed by atoms with Gasteiger partial charge in [0.1, 0.15) is 5.75 Å². The van der Waals surface area contributed by atoms with Crippen molar-refractivity contribution in [2.45, 2.75) is 26.5 Å². The second-order valence-electron chi connectivity index (χ2n) is 4.16. The van der Waals surface area contributed by atoms with Gasteiger partial charge in [-0.2, -0.15) is 5.10 Å². The monoisotopic (exact) mass is 232 g/mol. The minimum Gasteiger partial charge on any atom is -0.454 e. The average molecular weight is 232 g/mol.